The van der Waals surface area contributed by atoms with Crippen LogP contribution in [0.1, 0.15) is 27.8 Å². The molecule has 0 saturated carbocycles. The predicted molar refractivity (Wildman–Crippen MR) is 121 cm³/mol. The highest BCUT2D eigenvalue weighted by atomic mass is 35.5. The van der Waals surface area contributed by atoms with Crippen LogP contribution < -0.4 is 9.64 Å². The number of aromatic amines is 1. The Balaban J connectivity index is 1.49. The van der Waals surface area contributed by atoms with Gasteiger partial charge in [-0.05, 0) is 51.7 Å². The van der Waals surface area contributed by atoms with E-state index in [4.69, 9.17) is 27.9 Å². The second-order valence-electron chi connectivity index (χ2n) is 7.45. The molecule has 0 spiro atoms. The smallest absolute Gasteiger partial charge is 0.335 e. The number of fused-ring (bicyclic) bond motifs is 2. The van der Waals surface area contributed by atoms with E-state index in [1.165, 1.54) is 18.2 Å². The Morgan fingerprint density at radius 1 is 1.18 bits per heavy atom. The van der Waals surface area contributed by atoms with Crippen LogP contribution >= 0.6 is 23.2 Å². The summed E-state index contributed by atoms with van der Waals surface area (Å²) < 4.78 is 5.84. The van der Waals surface area contributed by atoms with Crippen LogP contribution in [0, 0.1) is 0 Å². The first-order valence-electron chi connectivity index (χ1n) is 9.85. The first-order valence-corrected chi connectivity index (χ1v) is 10.6. The summed E-state index contributed by atoms with van der Waals surface area (Å²) in [6.07, 6.45) is 0.542. The fraction of sp³-hybridized carbons (Fsp3) is 0.136. The highest BCUT2D eigenvalue weighted by molar-refractivity contribution is 6.39. The van der Waals surface area contributed by atoms with Crippen molar-refractivity contribution in [1.29, 1.82) is 0 Å². The van der Waals surface area contributed by atoms with Gasteiger partial charge in [0.2, 0.25) is 0 Å². The van der Waals surface area contributed by atoms with E-state index in [1.807, 2.05) is 24.3 Å². The SMILES string of the molecule is O=C(O)c1cc(OCC(=O)N2c3ccccc3CC2c2nnn[nH]2)c2c(Cl)cc(Cl)cc2c1. The van der Waals surface area contributed by atoms with Gasteiger partial charge >= 0.3 is 5.97 Å². The molecule has 2 heterocycles. The average molecular weight is 484 g/mol. The molecule has 2 N–H and O–H groups in total. The van der Waals surface area contributed by atoms with E-state index >= 15 is 0 Å². The molecule has 5 rings (SSSR count). The van der Waals surface area contributed by atoms with Crippen molar-refractivity contribution < 1.29 is 19.4 Å². The van der Waals surface area contributed by atoms with Gasteiger partial charge in [-0.2, -0.15) is 0 Å². The first kappa shape index (κ1) is 21.2. The Morgan fingerprint density at radius 3 is 2.76 bits per heavy atom. The van der Waals surface area contributed by atoms with Gasteiger partial charge in [-0.3, -0.25) is 9.69 Å². The molecule has 1 aromatic heterocycles. The fourth-order valence-corrected chi connectivity index (χ4v) is 4.66. The van der Waals surface area contributed by atoms with Crippen molar-refractivity contribution in [2.75, 3.05) is 11.5 Å². The lowest BCUT2D eigenvalue weighted by Crippen LogP contribution is -2.36. The van der Waals surface area contributed by atoms with Gasteiger partial charge < -0.3 is 9.84 Å². The lowest BCUT2D eigenvalue weighted by atomic mass is 10.1. The predicted octanol–water partition coefficient (Wildman–Crippen LogP) is 4.07. The Labute approximate surface area is 196 Å². The first-order chi connectivity index (χ1) is 15.9. The largest absolute Gasteiger partial charge is 0.483 e. The van der Waals surface area contributed by atoms with Crippen molar-refractivity contribution in [2.45, 2.75) is 12.5 Å². The van der Waals surface area contributed by atoms with E-state index < -0.39 is 12.0 Å². The summed E-state index contributed by atoms with van der Waals surface area (Å²) in [7, 11) is 0. The van der Waals surface area contributed by atoms with E-state index in [9.17, 15) is 14.7 Å². The lowest BCUT2D eigenvalue weighted by Gasteiger charge is -2.24. The average Bonchev–Trinajstić information content (AvgIpc) is 3.44. The number of benzene rings is 3. The zero-order valence-corrected chi connectivity index (χ0v) is 18.3. The standard InChI is InChI=1S/C22H15Cl2N5O4/c23-14-6-12-5-13(22(31)32)8-18(20(12)15(24)9-14)33-10-19(30)29-16-4-2-1-3-11(16)7-17(29)21-25-27-28-26-21/h1-6,8-9,17H,7,10H2,(H,31,32)(H,25,26,27,28). The molecular formula is C22H15Cl2N5O4. The van der Waals surface area contributed by atoms with Crippen LogP contribution in [0.3, 0.4) is 0 Å². The molecular weight excluding hydrogens is 469 g/mol. The third-order valence-corrected chi connectivity index (χ3v) is 5.97. The Hall–Kier alpha value is -3.69. The van der Waals surface area contributed by atoms with Crippen molar-refractivity contribution in [3.8, 4) is 5.75 Å². The van der Waals surface area contributed by atoms with Crippen LogP contribution in [0.15, 0.2) is 48.5 Å². The molecule has 33 heavy (non-hydrogen) atoms. The molecule has 0 radical (unpaired) electrons. The number of rotatable bonds is 5. The number of halogens is 2. The van der Waals surface area contributed by atoms with E-state index in [0.717, 1.165) is 11.3 Å². The number of ether oxygens (including phenoxy) is 1. The van der Waals surface area contributed by atoms with Gasteiger partial charge in [0.25, 0.3) is 5.91 Å². The van der Waals surface area contributed by atoms with Crippen molar-refractivity contribution in [3.63, 3.8) is 0 Å². The zero-order chi connectivity index (χ0) is 23.1. The summed E-state index contributed by atoms with van der Waals surface area (Å²) in [5.41, 5.74) is 1.70. The molecule has 1 atom stereocenters. The highest BCUT2D eigenvalue weighted by Crippen LogP contribution is 2.40. The van der Waals surface area contributed by atoms with Crippen molar-refractivity contribution >= 4 is 51.5 Å². The third kappa shape index (κ3) is 3.85. The van der Waals surface area contributed by atoms with E-state index in [2.05, 4.69) is 20.6 Å². The van der Waals surface area contributed by atoms with Crippen molar-refractivity contribution in [2.24, 2.45) is 0 Å². The summed E-state index contributed by atoms with van der Waals surface area (Å²) in [6.45, 7) is -0.358. The van der Waals surface area contributed by atoms with Crippen LogP contribution in [0.2, 0.25) is 10.0 Å². The van der Waals surface area contributed by atoms with Gasteiger partial charge in [-0.1, -0.05) is 41.4 Å². The minimum atomic E-state index is -1.14. The number of aromatic nitrogens is 4. The number of carboxylic acid groups (broad SMARTS) is 1. The van der Waals surface area contributed by atoms with Crippen LogP contribution in [-0.2, 0) is 11.2 Å². The number of carbonyl (C=O) groups excluding carboxylic acids is 1. The second-order valence-corrected chi connectivity index (χ2v) is 8.30. The van der Waals surface area contributed by atoms with Gasteiger partial charge in [-0.15, -0.1) is 5.10 Å². The van der Waals surface area contributed by atoms with Crippen LogP contribution in [0.5, 0.6) is 5.75 Å². The van der Waals surface area contributed by atoms with E-state index in [0.29, 0.717) is 28.0 Å². The highest BCUT2D eigenvalue weighted by Gasteiger charge is 2.37. The Morgan fingerprint density at radius 2 is 2.00 bits per heavy atom. The lowest BCUT2D eigenvalue weighted by molar-refractivity contribution is -0.121. The molecule has 9 nitrogen and oxygen atoms in total. The molecule has 166 valence electrons. The molecule has 1 aliphatic heterocycles. The molecule has 1 amide bonds. The van der Waals surface area contributed by atoms with Gasteiger partial charge in [0.1, 0.15) is 11.8 Å². The maximum absolute atomic E-state index is 13.3. The van der Waals surface area contributed by atoms with Gasteiger partial charge in [-0.25, -0.2) is 9.89 Å². The number of nitrogens with zero attached hydrogens (tertiary/aromatic N) is 4. The van der Waals surface area contributed by atoms with E-state index in [1.54, 1.807) is 11.0 Å². The number of anilines is 1. The summed E-state index contributed by atoms with van der Waals surface area (Å²) in [4.78, 5) is 26.5. The number of tetrazole rings is 1. The Kier molecular flexibility index (Phi) is 5.35. The molecule has 11 heteroatoms. The molecule has 1 aliphatic rings. The number of hydrogen-bond acceptors (Lipinski definition) is 6. The van der Waals surface area contributed by atoms with E-state index in [-0.39, 0.29) is 28.8 Å². The van der Waals surface area contributed by atoms with Crippen molar-refractivity contribution in [3.05, 3.63) is 75.5 Å². The minimum absolute atomic E-state index is 0.0135. The summed E-state index contributed by atoms with van der Waals surface area (Å²) in [5.74, 6) is -0.864. The van der Waals surface area contributed by atoms with Crippen LogP contribution in [0.25, 0.3) is 10.8 Å². The monoisotopic (exact) mass is 483 g/mol. The number of aromatic carboxylic acids is 1. The normalized spacial score (nSPS) is 15.0. The third-order valence-electron chi connectivity index (χ3n) is 5.45. The van der Waals surface area contributed by atoms with Crippen LogP contribution in [0.4, 0.5) is 5.69 Å². The zero-order valence-electron chi connectivity index (χ0n) is 16.8. The molecule has 1 unspecified atom stereocenters. The minimum Gasteiger partial charge on any atom is -0.483 e. The number of amides is 1. The molecule has 0 fully saturated rings. The quantitative estimate of drug-likeness (QED) is 0.438. The summed E-state index contributed by atoms with van der Waals surface area (Å²) in [5, 5.41) is 25.0. The topological polar surface area (TPSA) is 121 Å². The number of hydrogen-bond donors (Lipinski definition) is 2. The van der Waals surface area contributed by atoms with Gasteiger partial charge in [0.05, 0.1) is 10.6 Å². The fourth-order valence-electron chi connectivity index (χ4n) is 4.06. The Bertz CT molecular complexity index is 1390. The number of carbonyl (C=O) groups is 2. The number of nitrogens with one attached hydrogen (secondary N) is 1. The maximum atomic E-state index is 13.3. The summed E-state index contributed by atoms with van der Waals surface area (Å²) in [6, 6.07) is 13.0. The van der Waals surface area contributed by atoms with Crippen LogP contribution in [-0.4, -0.2) is 44.2 Å². The van der Waals surface area contributed by atoms with Gasteiger partial charge in [0, 0.05) is 22.5 Å². The molecule has 0 bridgehead atoms. The van der Waals surface area contributed by atoms with Crippen molar-refractivity contribution in [1.82, 2.24) is 20.6 Å². The molecule has 4 aromatic rings. The number of para-hydroxylation sites is 1. The molecule has 0 aliphatic carbocycles. The number of carboxylic acids is 1. The maximum Gasteiger partial charge on any atom is 0.335 e. The number of H-pyrrole nitrogens is 1. The molecule has 3 aromatic carbocycles. The second kappa shape index (κ2) is 8.34. The summed E-state index contributed by atoms with van der Waals surface area (Å²) >= 11 is 12.4. The molecule has 0 saturated heterocycles. The van der Waals surface area contributed by atoms with Gasteiger partial charge in [0.15, 0.2) is 12.4 Å².